The number of carbonyl (C=O) groups excluding carboxylic acids is 4. The lowest BCUT2D eigenvalue weighted by Crippen LogP contribution is -2.47. The van der Waals surface area contributed by atoms with E-state index in [0.717, 1.165) is 29.9 Å². The zero-order chi connectivity index (χ0) is 40.7. The topological polar surface area (TPSA) is 167 Å². The van der Waals surface area contributed by atoms with Crippen molar-refractivity contribution in [1.82, 2.24) is 14.5 Å². The first-order chi connectivity index (χ1) is 27.1. The number of nitrogens with zero attached hydrogens (tertiary/aromatic N) is 5. The van der Waals surface area contributed by atoms with E-state index in [2.05, 4.69) is 14.6 Å². The lowest BCUT2D eigenvalue weighted by molar-refractivity contribution is -0.141. The minimum atomic E-state index is -3.82. The molecule has 0 bridgehead atoms. The molecule has 1 N–H and O–H groups in total. The molecule has 4 amide bonds. The van der Waals surface area contributed by atoms with E-state index in [1.807, 2.05) is 64.1 Å². The van der Waals surface area contributed by atoms with Crippen molar-refractivity contribution in [2.24, 2.45) is 32.7 Å². The number of sulfonamides is 1. The van der Waals surface area contributed by atoms with Gasteiger partial charge in [-0.25, -0.2) is 18.2 Å². The predicted molar refractivity (Wildman–Crippen MR) is 216 cm³/mol. The third kappa shape index (κ3) is 8.90. The van der Waals surface area contributed by atoms with Crippen molar-refractivity contribution in [3.05, 3.63) is 58.6 Å². The number of benzene rings is 2. The van der Waals surface area contributed by atoms with Crippen LogP contribution in [0, 0.1) is 22.7 Å². The number of halogens is 1. The normalized spacial score (nSPS) is 25.5. The highest BCUT2D eigenvalue weighted by atomic mass is 35.5. The fourth-order valence-electron chi connectivity index (χ4n) is 7.98. The molecule has 306 valence electrons. The Morgan fingerprint density at radius 1 is 1.09 bits per heavy atom. The smallest absolute Gasteiger partial charge is 0.410 e. The van der Waals surface area contributed by atoms with Crippen LogP contribution in [-0.2, 0) is 47.0 Å². The summed E-state index contributed by atoms with van der Waals surface area (Å²) in [4.78, 5) is 69.9. The van der Waals surface area contributed by atoms with Gasteiger partial charge in [-0.15, -0.1) is 0 Å². The quantitative estimate of drug-likeness (QED) is 0.297. The summed E-state index contributed by atoms with van der Waals surface area (Å²) in [6.07, 6.45) is 3.35. The number of likely N-dealkylation sites (tertiary alicyclic amines) is 1. The van der Waals surface area contributed by atoms with Gasteiger partial charge in [0.15, 0.2) is 0 Å². The summed E-state index contributed by atoms with van der Waals surface area (Å²) in [5.74, 6) is -2.75. The van der Waals surface area contributed by atoms with Gasteiger partial charge < -0.3 is 19.3 Å². The Hall–Kier alpha value is -4.34. The Labute approximate surface area is 339 Å². The van der Waals surface area contributed by atoms with Gasteiger partial charge in [0, 0.05) is 49.2 Å². The highest BCUT2D eigenvalue weighted by Gasteiger charge is 2.59. The summed E-state index contributed by atoms with van der Waals surface area (Å²) in [6, 6.07) is 12.1. The Bertz CT molecular complexity index is 2080. The Kier molecular flexibility index (Phi) is 11.6. The second-order valence-corrected chi connectivity index (χ2v) is 19.2. The van der Waals surface area contributed by atoms with E-state index in [-0.39, 0.29) is 31.3 Å². The number of ether oxygens (including phenoxy) is 2. The fourth-order valence-corrected chi connectivity index (χ4v) is 9.60. The van der Waals surface area contributed by atoms with Crippen molar-refractivity contribution in [3.63, 3.8) is 0 Å². The second-order valence-electron chi connectivity index (χ2n) is 16.8. The van der Waals surface area contributed by atoms with Crippen molar-refractivity contribution in [1.29, 1.82) is 0 Å². The van der Waals surface area contributed by atoms with Crippen molar-refractivity contribution < 1.29 is 37.1 Å². The van der Waals surface area contributed by atoms with Crippen LogP contribution in [0.1, 0.15) is 70.9 Å². The van der Waals surface area contributed by atoms with Crippen LogP contribution < -0.4 is 9.62 Å². The molecule has 5 aliphatic rings. The van der Waals surface area contributed by atoms with Gasteiger partial charge in [-0.3, -0.25) is 29.0 Å². The van der Waals surface area contributed by atoms with Crippen LogP contribution in [0.2, 0.25) is 5.02 Å². The van der Waals surface area contributed by atoms with E-state index < -0.39 is 62.1 Å². The van der Waals surface area contributed by atoms with Gasteiger partial charge in [0.25, 0.3) is 5.91 Å². The highest BCUT2D eigenvalue weighted by Crippen LogP contribution is 2.53. The molecule has 3 heterocycles. The van der Waals surface area contributed by atoms with Crippen molar-refractivity contribution in [3.8, 4) is 0 Å². The molecule has 0 radical (unpaired) electrons. The van der Waals surface area contributed by atoms with Crippen molar-refractivity contribution in [2.45, 2.75) is 90.3 Å². The van der Waals surface area contributed by atoms with Gasteiger partial charge in [0.1, 0.15) is 12.1 Å². The molecule has 7 rings (SSSR count). The molecular weight excluding hydrogens is 772 g/mol. The molecule has 16 heteroatoms. The first-order valence-corrected chi connectivity index (χ1v) is 21.7. The molecule has 4 fully saturated rings. The fraction of sp³-hybridized carbons (Fsp3) is 0.561. The summed E-state index contributed by atoms with van der Waals surface area (Å²) in [5.41, 5.74) is 1.54. The molecule has 2 aliphatic carbocycles. The third-order valence-corrected chi connectivity index (χ3v) is 13.9. The van der Waals surface area contributed by atoms with Crippen LogP contribution in [0.15, 0.2) is 52.4 Å². The lowest BCUT2D eigenvalue weighted by Gasteiger charge is -2.32. The van der Waals surface area contributed by atoms with Crippen molar-refractivity contribution in [2.75, 3.05) is 37.7 Å². The van der Waals surface area contributed by atoms with Gasteiger partial charge in [-0.1, -0.05) is 63.9 Å². The number of nitrogens with one attached hydrogen (secondary N) is 1. The number of morpholine rings is 1. The maximum absolute atomic E-state index is 14.7. The Morgan fingerprint density at radius 3 is 2.49 bits per heavy atom. The lowest BCUT2D eigenvalue weighted by atomic mass is 9.80. The standard InChI is InChI=1S/C41H51ClN6O8S/c1-5-27-20-41(27,38(51)45-57(53,54)31-12-13-31)25-44-36(49)35-19-30(56-39(52)47-22-26-8-6-11-34(42)32(26)24-47)23-48(35)37(50)33(40(2,3)4)21-43-28-9-7-10-29(18-28)46-14-16-55-17-15-46/h6-11,18,21,25,27,30-31,33,35H,5,12-17,19-20,22-24H2,1-4H3,(H,45,51). The number of hydrogen-bond donors (Lipinski definition) is 1. The van der Waals surface area contributed by atoms with Crippen LogP contribution in [0.25, 0.3) is 0 Å². The van der Waals surface area contributed by atoms with Crippen LogP contribution in [0.3, 0.4) is 0 Å². The summed E-state index contributed by atoms with van der Waals surface area (Å²) in [6.45, 7) is 11.0. The van der Waals surface area contributed by atoms with Crippen LogP contribution >= 0.6 is 11.6 Å². The average molecular weight is 823 g/mol. The maximum Gasteiger partial charge on any atom is 0.410 e. The summed E-state index contributed by atoms with van der Waals surface area (Å²) < 4.78 is 39.0. The number of fused-ring (bicyclic) bond motifs is 1. The van der Waals surface area contributed by atoms with Gasteiger partial charge in [0.2, 0.25) is 21.8 Å². The van der Waals surface area contributed by atoms with E-state index in [0.29, 0.717) is 56.2 Å². The molecule has 5 unspecified atom stereocenters. The molecule has 2 aromatic carbocycles. The first kappa shape index (κ1) is 40.8. The first-order valence-electron chi connectivity index (χ1n) is 19.7. The van der Waals surface area contributed by atoms with Crippen LogP contribution in [0.4, 0.5) is 16.2 Å². The molecule has 2 aromatic rings. The molecule has 2 saturated carbocycles. The largest absolute Gasteiger partial charge is 0.444 e. The number of carbonyl (C=O) groups is 4. The maximum atomic E-state index is 14.7. The van der Waals surface area contributed by atoms with E-state index in [1.54, 1.807) is 12.3 Å². The molecule has 3 aliphatic heterocycles. The van der Waals surface area contributed by atoms with Gasteiger partial charge in [-0.2, -0.15) is 0 Å². The Morgan fingerprint density at radius 2 is 1.82 bits per heavy atom. The molecular formula is C41H51ClN6O8S. The molecule has 0 aromatic heterocycles. The third-order valence-electron chi connectivity index (χ3n) is 11.7. The number of hydrogen-bond acceptors (Lipinski definition) is 10. The number of aliphatic imine (C=N–C) groups is 2. The van der Waals surface area contributed by atoms with Gasteiger partial charge >= 0.3 is 6.09 Å². The van der Waals surface area contributed by atoms with E-state index >= 15 is 0 Å². The van der Waals surface area contributed by atoms with Crippen LogP contribution in [-0.4, -0.2) is 105 Å². The van der Waals surface area contributed by atoms with E-state index in [1.165, 1.54) is 16.0 Å². The van der Waals surface area contributed by atoms with Gasteiger partial charge in [0.05, 0.1) is 48.6 Å². The number of rotatable bonds is 11. The highest BCUT2D eigenvalue weighted by molar-refractivity contribution is 7.91. The van der Waals surface area contributed by atoms with E-state index in [4.69, 9.17) is 26.1 Å². The zero-order valence-corrected chi connectivity index (χ0v) is 34.4. The molecule has 14 nitrogen and oxygen atoms in total. The molecule has 2 saturated heterocycles. The SMILES string of the molecule is CCC1CC1(C=NC(=O)C1CC(OC(=O)N2Cc3cccc(Cl)c3C2)CN1C(=O)C(C=Nc1cccc(N2CCOCC2)c1)C(C)(C)C)C(=O)NS(=O)(=O)C1CC1. The van der Waals surface area contributed by atoms with Crippen molar-refractivity contribution >= 4 is 69.2 Å². The summed E-state index contributed by atoms with van der Waals surface area (Å²) in [7, 11) is -3.82. The molecule has 5 atom stereocenters. The monoisotopic (exact) mass is 822 g/mol. The summed E-state index contributed by atoms with van der Waals surface area (Å²) >= 11 is 6.40. The van der Waals surface area contributed by atoms with Gasteiger partial charge in [-0.05, 0) is 66.0 Å². The number of anilines is 1. The van der Waals surface area contributed by atoms with E-state index in [9.17, 15) is 27.6 Å². The zero-order valence-electron chi connectivity index (χ0n) is 32.9. The minimum absolute atomic E-state index is 0.0166. The molecule has 0 spiro atoms. The second kappa shape index (κ2) is 16.1. The predicted octanol–water partition coefficient (Wildman–Crippen LogP) is 5.29. The Balaban J connectivity index is 1.12. The summed E-state index contributed by atoms with van der Waals surface area (Å²) in [5, 5.41) is -0.0300. The van der Waals surface area contributed by atoms with Crippen LogP contribution in [0.5, 0.6) is 0 Å². The average Bonchev–Trinajstić information content (AvgIpc) is 4.08. The minimum Gasteiger partial charge on any atom is -0.444 e. The molecule has 57 heavy (non-hydrogen) atoms. The number of amides is 4.